The summed E-state index contributed by atoms with van der Waals surface area (Å²) in [6.45, 7) is 5.60. The van der Waals surface area contributed by atoms with Crippen molar-refractivity contribution in [1.29, 1.82) is 0 Å². The molecule has 0 aliphatic carbocycles. The lowest BCUT2D eigenvalue weighted by Gasteiger charge is -2.29. The van der Waals surface area contributed by atoms with Crippen molar-refractivity contribution in [1.82, 2.24) is 19.7 Å². The number of carbonyl (C=O) groups is 1. The van der Waals surface area contributed by atoms with Crippen molar-refractivity contribution in [2.75, 3.05) is 44.3 Å². The van der Waals surface area contributed by atoms with E-state index in [1.54, 1.807) is 25.1 Å². The molecule has 0 radical (unpaired) electrons. The molecule has 0 bridgehead atoms. The predicted octanol–water partition coefficient (Wildman–Crippen LogP) is 3.64. The summed E-state index contributed by atoms with van der Waals surface area (Å²) in [7, 11) is 1.69. The number of aryl methyl sites for hydroxylation is 2. The molecule has 0 saturated carbocycles. The smallest absolute Gasteiger partial charge is 0.406 e. The van der Waals surface area contributed by atoms with Gasteiger partial charge in [-0.05, 0) is 24.6 Å². The number of halogens is 4. The number of fused-ring (bicyclic) bond motifs is 1. The third kappa shape index (κ3) is 5.94. The van der Waals surface area contributed by atoms with E-state index in [1.165, 1.54) is 22.9 Å². The summed E-state index contributed by atoms with van der Waals surface area (Å²) < 4.78 is 49.1. The summed E-state index contributed by atoms with van der Waals surface area (Å²) in [5, 5.41) is 4.56. The summed E-state index contributed by atoms with van der Waals surface area (Å²) in [5.41, 5.74) is 1.66. The minimum atomic E-state index is -4.78. The molecule has 2 aromatic heterocycles. The lowest BCUT2D eigenvalue weighted by Crippen LogP contribution is -2.43. The number of nitrogens with zero attached hydrogens (tertiary/aromatic N) is 5. The normalized spacial score (nSPS) is 14.8. The highest BCUT2D eigenvalue weighted by Gasteiger charge is 2.31. The molecular weight excluding hydrogens is 483 g/mol. The second kappa shape index (κ2) is 10.2. The van der Waals surface area contributed by atoms with Crippen LogP contribution in [0.15, 0.2) is 24.4 Å². The van der Waals surface area contributed by atoms with Crippen LogP contribution in [0.2, 0.25) is 0 Å². The quantitative estimate of drug-likeness (QED) is 0.509. The zero-order valence-electron chi connectivity index (χ0n) is 18.0. The number of benzene rings is 1. The second-order valence-electron chi connectivity index (χ2n) is 7.38. The van der Waals surface area contributed by atoms with Gasteiger partial charge in [0, 0.05) is 39.3 Å². The van der Waals surface area contributed by atoms with Crippen molar-refractivity contribution in [2.45, 2.75) is 13.3 Å². The number of morpholine rings is 1. The van der Waals surface area contributed by atoms with Crippen molar-refractivity contribution >= 4 is 45.0 Å². The van der Waals surface area contributed by atoms with E-state index in [0.717, 1.165) is 30.0 Å². The summed E-state index contributed by atoms with van der Waals surface area (Å²) in [4.78, 5) is 21.7. The number of hydrogen-bond acceptors (Lipinski definition) is 7. The zero-order valence-corrected chi connectivity index (χ0v) is 19.6. The molecule has 3 heterocycles. The Kier molecular flexibility index (Phi) is 7.83. The number of hydrogen-bond donors (Lipinski definition) is 0. The van der Waals surface area contributed by atoms with Crippen LogP contribution in [0.25, 0.3) is 10.2 Å². The average molecular weight is 506 g/mol. The van der Waals surface area contributed by atoms with Crippen molar-refractivity contribution in [3.63, 3.8) is 0 Å². The molecular formula is C20H23ClF3N5O3S. The fourth-order valence-corrected chi connectivity index (χ4v) is 4.56. The number of amides is 1. The Morgan fingerprint density at radius 2 is 2.03 bits per heavy atom. The van der Waals surface area contributed by atoms with Crippen LogP contribution in [0, 0.1) is 6.92 Å². The number of alkyl halides is 3. The van der Waals surface area contributed by atoms with Gasteiger partial charge in [-0.2, -0.15) is 5.10 Å². The van der Waals surface area contributed by atoms with E-state index in [0.29, 0.717) is 47.3 Å². The van der Waals surface area contributed by atoms with Crippen molar-refractivity contribution in [3.8, 4) is 5.75 Å². The van der Waals surface area contributed by atoms with E-state index in [4.69, 9.17) is 4.74 Å². The first kappa shape index (κ1) is 25.2. The van der Waals surface area contributed by atoms with Crippen LogP contribution in [-0.2, 0) is 11.8 Å². The highest BCUT2D eigenvalue weighted by Crippen LogP contribution is 2.34. The van der Waals surface area contributed by atoms with E-state index >= 15 is 0 Å². The molecule has 0 unspecified atom stereocenters. The Balaban J connectivity index is 0.00000306. The van der Waals surface area contributed by atoms with E-state index in [1.807, 2.05) is 0 Å². The van der Waals surface area contributed by atoms with Gasteiger partial charge >= 0.3 is 6.36 Å². The average Bonchev–Trinajstić information content (AvgIpc) is 3.29. The van der Waals surface area contributed by atoms with Gasteiger partial charge in [0.05, 0.1) is 29.6 Å². The first-order valence-electron chi connectivity index (χ1n) is 9.98. The Morgan fingerprint density at radius 3 is 2.67 bits per heavy atom. The molecule has 1 aliphatic heterocycles. The van der Waals surface area contributed by atoms with Gasteiger partial charge < -0.3 is 9.47 Å². The van der Waals surface area contributed by atoms with Crippen LogP contribution < -0.4 is 9.64 Å². The van der Waals surface area contributed by atoms with Crippen LogP contribution >= 0.6 is 23.7 Å². The molecule has 33 heavy (non-hydrogen) atoms. The van der Waals surface area contributed by atoms with Crippen LogP contribution in [-0.4, -0.2) is 71.3 Å². The molecule has 180 valence electrons. The molecule has 4 rings (SSSR count). The first-order valence-corrected chi connectivity index (χ1v) is 10.8. The fraction of sp³-hybridized carbons (Fsp3) is 0.450. The van der Waals surface area contributed by atoms with Crippen molar-refractivity contribution in [3.05, 3.63) is 35.7 Å². The molecule has 0 N–H and O–H groups in total. The Hall–Kier alpha value is -2.41. The van der Waals surface area contributed by atoms with Gasteiger partial charge in [0.2, 0.25) is 0 Å². The summed E-state index contributed by atoms with van der Waals surface area (Å²) in [6, 6.07) is 3.95. The first-order chi connectivity index (χ1) is 15.2. The molecule has 0 atom stereocenters. The molecule has 3 aromatic rings. The Labute approximate surface area is 198 Å². The minimum Gasteiger partial charge on any atom is -0.406 e. The number of aromatic nitrogens is 3. The lowest BCUT2D eigenvalue weighted by atomic mass is 10.2. The van der Waals surface area contributed by atoms with Crippen LogP contribution in [0.5, 0.6) is 5.75 Å². The largest absolute Gasteiger partial charge is 0.573 e. The monoisotopic (exact) mass is 505 g/mol. The van der Waals surface area contributed by atoms with Gasteiger partial charge in [0.1, 0.15) is 11.4 Å². The lowest BCUT2D eigenvalue weighted by molar-refractivity contribution is -0.274. The third-order valence-electron chi connectivity index (χ3n) is 5.13. The third-order valence-corrected chi connectivity index (χ3v) is 6.17. The van der Waals surface area contributed by atoms with Gasteiger partial charge in [0.15, 0.2) is 5.13 Å². The minimum absolute atomic E-state index is 0. The van der Waals surface area contributed by atoms with Crippen LogP contribution in [0.3, 0.4) is 0 Å². The number of ether oxygens (including phenoxy) is 2. The van der Waals surface area contributed by atoms with E-state index in [-0.39, 0.29) is 24.1 Å². The summed E-state index contributed by atoms with van der Waals surface area (Å²) >= 11 is 1.14. The maximum absolute atomic E-state index is 13.5. The number of thiazole rings is 1. The van der Waals surface area contributed by atoms with Gasteiger partial charge in [0.25, 0.3) is 5.91 Å². The summed E-state index contributed by atoms with van der Waals surface area (Å²) in [5.74, 6) is -0.588. The molecule has 0 spiro atoms. The highest BCUT2D eigenvalue weighted by atomic mass is 35.5. The number of carbonyl (C=O) groups excluding carboxylic acids is 1. The fourth-order valence-electron chi connectivity index (χ4n) is 3.54. The molecule has 1 amide bonds. The number of rotatable bonds is 6. The van der Waals surface area contributed by atoms with E-state index < -0.39 is 6.36 Å². The van der Waals surface area contributed by atoms with Gasteiger partial charge in [-0.1, -0.05) is 11.3 Å². The van der Waals surface area contributed by atoms with Crippen LogP contribution in [0.1, 0.15) is 16.1 Å². The topological polar surface area (TPSA) is 72.7 Å². The van der Waals surface area contributed by atoms with Crippen molar-refractivity contribution in [2.24, 2.45) is 7.05 Å². The highest BCUT2D eigenvalue weighted by molar-refractivity contribution is 7.22. The number of anilines is 1. The van der Waals surface area contributed by atoms with Gasteiger partial charge in [-0.25, -0.2) is 4.98 Å². The molecule has 1 aromatic carbocycles. The Morgan fingerprint density at radius 1 is 1.30 bits per heavy atom. The second-order valence-corrected chi connectivity index (χ2v) is 8.39. The zero-order chi connectivity index (χ0) is 22.9. The molecule has 1 aliphatic rings. The van der Waals surface area contributed by atoms with Gasteiger partial charge in [-0.15, -0.1) is 25.6 Å². The Bertz CT molecular complexity index is 1090. The van der Waals surface area contributed by atoms with Crippen LogP contribution in [0.4, 0.5) is 18.3 Å². The standard InChI is InChI=1S/C20H22F3N5O3S.ClH/c1-13-12-24-26(2)17(13)18(29)28(6-5-27-7-9-30-10-8-27)19-25-15-4-3-14(11-16(15)32-19)31-20(21,22)23;/h3-4,11-12H,5-10H2,1-2H3;1H. The molecule has 1 fully saturated rings. The summed E-state index contributed by atoms with van der Waals surface area (Å²) in [6.07, 6.45) is -3.16. The SMILES string of the molecule is Cc1cnn(C)c1C(=O)N(CCN1CCOCC1)c1nc2ccc(OC(F)(F)F)cc2s1.Cl. The van der Waals surface area contributed by atoms with E-state index in [2.05, 4.69) is 19.7 Å². The van der Waals surface area contributed by atoms with Crippen molar-refractivity contribution < 1.29 is 27.4 Å². The maximum atomic E-state index is 13.5. The van der Waals surface area contributed by atoms with Gasteiger partial charge in [-0.3, -0.25) is 19.3 Å². The molecule has 1 saturated heterocycles. The molecule has 13 heteroatoms. The maximum Gasteiger partial charge on any atom is 0.573 e. The van der Waals surface area contributed by atoms with E-state index in [9.17, 15) is 18.0 Å². The molecule has 8 nitrogen and oxygen atoms in total. The predicted molar refractivity (Wildman–Crippen MR) is 120 cm³/mol.